The molecular formula is C23H44O2. The normalized spacial score (nSPS) is 8.68. The van der Waals surface area contributed by atoms with Crippen LogP contribution >= 0.6 is 0 Å². The number of benzene rings is 1. The molecule has 2 nitrogen and oxygen atoms in total. The van der Waals surface area contributed by atoms with E-state index in [9.17, 15) is 4.79 Å². The van der Waals surface area contributed by atoms with E-state index in [2.05, 4.69) is 45.5 Å². The van der Waals surface area contributed by atoms with E-state index in [4.69, 9.17) is 5.11 Å². The van der Waals surface area contributed by atoms with Crippen molar-refractivity contribution < 1.29 is 9.90 Å². The van der Waals surface area contributed by atoms with Gasteiger partial charge in [-0.2, -0.15) is 0 Å². The molecule has 1 rings (SSSR count). The second-order valence-electron chi connectivity index (χ2n) is 5.75. The van der Waals surface area contributed by atoms with Gasteiger partial charge in [0.2, 0.25) is 0 Å². The summed E-state index contributed by atoms with van der Waals surface area (Å²) >= 11 is 0. The lowest BCUT2D eigenvalue weighted by Gasteiger charge is -2.20. The predicted molar refractivity (Wildman–Crippen MR) is 115 cm³/mol. The number of carbonyl (C=O) groups excluding carboxylic acids is 1. The molecule has 0 spiro atoms. The van der Waals surface area contributed by atoms with Gasteiger partial charge < -0.3 is 5.11 Å². The molecule has 1 aromatic carbocycles. The lowest BCUT2D eigenvalue weighted by Crippen LogP contribution is -2.21. The number of carbonyl (C=O) groups is 1. The number of allylic oxidation sites excluding steroid dienone is 1. The van der Waals surface area contributed by atoms with E-state index in [0.29, 0.717) is 0 Å². The van der Waals surface area contributed by atoms with Crippen molar-refractivity contribution in [2.45, 2.75) is 82.6 Å². The van der Waals surface area contributed by atoms with Crippen LogP contribution in [0.2, 0.25) is 0 Å². The summed E-state index contributed by atoms with van der Waals surface area (Å²) in [5, 5.41) is 7.00. The molecule has 0 heterocycles. The zero-order chi connectivity index (χ0) is 21.2. The topological polar surface area (TPSA) is 37.3 Å². The van der Waals surface area contributed by atoms with Crippen LogP contribution in [0.5, 0.6) is 0 Å². The van der Waals surface area contributed by atoms with E-state index in [-0.39, 0.29) is 11.2 Å². The molecule has 0 atom stereocenters. The van der Waals surface area contributed by atoms with Gasteiger partial charge in [-0.05, 0) is 59.1 Å². The van der Waals surface area contributed by atoms with Crippen LogP contribution in [0.25, 0.3) is 0 Å². The fourth-order valence-corrected chi connectivity index (χ4v) is 1.54. The summed E-state index contributed by atoms with van der Waals surface area (Å²) in [5.74, 6) is 0.176. The first kappa shape index (κ1) is 31.4. The molecule has 0 fully saturated rings. The van der Waals surface area contributed by atoms with Crippen LogP contribution in [0.1, 0.15) is 79.0 Å². The minimum absolute atomic E-state index is 0.176. The summed E-state index contributed by atoms with van der Waals surface area (Å²) in [5.41, 5.74) is 4.83. The number of Topliss-reactive ketones (excluding diaryl/α,β-unsaturated/α-hetero) is 1. The molecule has 0 aliphatic carbocycles. The van der Waals surface area contributed by atoms with Crippen molar-refractivity contribution in [1.82, 2.24) is 0 Å². The van der Waals surface area contributed by atoms with Crippen LogP contribution in [0.3, 0.4) is 0 Å². The van der Waals surface area contributed by atoms with E-state index in [1.807, 2.05) is 48.5 Å². The van der Waals surface area contributed by atoms with Crippen molar-refractivity contribution in [2.24, 2.45) is 5.41 Å². The summed E-state index contributed by atoms with van der Waals surface area (Å²) in [6.07, 6.45) is 1.14. The highest BCUT2D eigenvalue weighted by Crippen LogP contribution is 2.24. The Bertz CT molecular complexity index is 441. The number of hydrogen-bond acceptors (Lipinski definition) is 2. The third-order valence-electron chi connectivity index (χ3n) is 3.83. The quantitative estimate of drug-likeness (QED) is 0.614. The molecule has 0 amide bonds. The van der Waals surface area contributed by atoms with Gasteiger partial charge in [0.15, 0.2) is 0 Å². The zero-order valence-electron chi connectivity index (χ0n) is 19.0. The van der Waals surface area contributed by atoms with Crippen LogP contribution < -0.4 is 0 Å². The Morgan fingerprint density at radius 1 is 1.04 bits per heavy atom. The Labute approximate surface area is 158 Å². The van der Waals surface area contributed by atoms with Crippen molar-refractivity contribution in [1.29, 1.82) is 0 Å². The summed E-state index contributed by atoms with van der Waals surface area (Å²) in [7, 11) is 1.00. The van der Waals surface area contributed by atoms with Crippen molar-refractivity contribution in [2.75, 3.05) is 7.11 Å². The Balaban J connectivity index is -0.000000136. The lowest BCUT2D eigenvalue weighted by atomic mass is 9.83. The SMILES string of the molecule is C=C(C)C(C)(C)C(C)=O.CC.CC.CCc1ccc(C)cc1C.CO. The lowest BCUT2D eigenvalue weighted by molar-refractivity contribution is -0.123. The van der Waals surface area contributed by atoms with E-state index < -0.39 is 0 Å². The second kappa shape index (κ2) is 18.9. The van der Waals surface area contributed by atoms with E-state index >= 15 is 0 Å². The number of aryl methyl sites for hydroxylation is 3. The molecular weight excluding hydrogens is 308 g/mol. The van der Waals surface area contributed by atoms with Gasteiger partial charge in [-0.25, -0.2) is 0 Å². The van der Waals surface area contributed by atoms with Gasteiger partial charge in [0.1, 0.15) is 5.78 Å². The zero-order valence-corrected chi connectivity index (χ0v) is 19.0. The highest BCUT2D eigenvalue weighted by molar-refractivity contribution is 5.84. The van der Waals surface area contributed by atoms with E-state index in [1.54, 1.807) is 6.92 Å². The second-order valence-corrected chi connectivity index (χ2v) is 5.75. The van der Waals surface area contributed by atoms with E-state index in [0.717, 1.165) is 19.1 Å². The number of aliphatic hydroxyl groups excluding tert-OH is 1. The number of hydrogen-bond donors (Lipinski definition) is 1. The van der Waals surface area contributed by atoms with Gasteiger partial charge in [0.25, 0.3) is 0 Å². The molecule has 25 heavy (non-hydrogen) atoms. The highest BCUT2D eigenvalue weighted by atomic mass is 16.2. The molecule has 0 bridgehead atoms. The summed E-state index contributed by atoms with van der Waals surface area (Å²) in [6.45, 7) is 25.5. The largest absolute Gasteiger partial charge is 0.400 e. The first-order chi connectivity index (χ1) is 11.6. The van der Waals surface area contributed by atoms with Gasteiger partial charge in [0.05, 0.1) is 0 Å². The highest BCUT2D eigenvalue weighted by Gasteiger charge is 2.23. The number of ketones is 1. The van der Waals surface area contributed by atoms with Gasteiger partial charge in [0, 0.05) is 12.5 Å². The van der Waals surface area contributed by atoms with Gasteiger partial charge >= 0.3 is 0 Å². The molecule has 0 radical (unpaired) electrons. The predicted octanol–water partition coefficient (Wildman–Crippen LogP) is 6.70. The third kappa shape index (κ3) is 14.6. The number of rotatable bonds is 3. The molecule has 148 valence electrons. The first-order valence-electron chi connectivity index (χ1n) is 9.30. The maximum absolute atomic E-state index is 10.8. The van der Waals surface area contributed by atoms with Crippen molar-refractivity contribution in [3.8, 4) is 0 Å². The van der Waals surface area contributed by atoms with Crippen molar-refractivity contribution in [3.63, 3.8) is 0 Å². The van der Waals surface area contributed by atoms with Crippen molar-refractivity contribution >= 4 is 5.78 Å². The molecule has 0 saturated heterocycles. The Hall–Kier alpha value is -1.41. The first-order valence-corrected chi connectivity index (χ1v) is 9.30. The average Bonchev–Trinajstić information content (AvgIpc) is 2.60. The third-order valence-corrected chi connectivity index (χ3v) is 3.83. The Morgan fingerprint density at radius 2 is 1.44 bits per heavy atom. The molecule has 0 unspecified atom stereocenters. The van der Waals surface area contributed by atoms with Crippen LogP contribution in [0.4, 0.5) is 0 Å². The standard InChI is InChI=1S/C10H14.C8H14O.2C2H6.CH4O/c1-4-10-6-5-8(2)7-9(10)3;1-6(2)8(4,5)7(3)9;3*1-2/h5-7H,4H2,1-3H3;1H2,2-5H3;2*1-2H3;2H,1H3. The van der Waals surface area contributed by atoms with Gasteiger partial charge in [-0.1, -0.05) is 70.5 Å². The van der Waals surface area contributed by atoms with E-state index in [1.165, 1.54) is 16.7 Å². The van der Waals surface area contributed by atoms with Crippen LogP contribution in [0.15, 0.2) is 30.4 Å². The smallest absolute Gasteiger partial charge is 0.139 e. The summed E-state index contributed by atoms with van der Waals surface area (Å²) in [4.78, 5) is 10.8. The maximum atomic E-state index is 10.8. The molecule has 1 N–H and O–H groups in total. The summed E-state index contributed by atoms with van der Waals surface area (Å²) < 4.78 is 0. The number of aliphatic hydroxyl groups is 1. The van der Waals surface area contributed by atoms with Crippen LogP contribution in [-0.2, 0) is 11.2 Å². The van der Waals surface area contributed by atoms with Crippen LogP contribution in [0, 0.1) is 19.3 Å². The fourth-order valence-electron chi connectivity index (χ4n) is 1.54. The molecule has 0 aromatic heterocycles. The molecule has 1 aromatic rings. The fraction of sp³-hybridized carbons (Fsp3) is 0.609. The maximum Gasteiger partial charge on any atom is 0.139 e. The molecule has 0 saturated carbocycles. The van der Waals surface area contributed by atoms with Crippen LogP contribution in [-0.4, -0.2) is 18.0 Å². The average molecular weight is 353 g/mol. The van der Waals surface area contributed by atoms with Crippen molar-refractivity contribution in [3.05, 3.63) is 47.0 Å². The molecule has 2 heteroatoms. The molecule has 0 aliphatic rings. The minimum Gasteiger partial charge on any atom is -0.400 e. The Morgan fingerprint density at radius 3 is 1.64 bits per heavy atom. The van der Waals surface area contributed by atoms with Gasteiger partial charge in [-0.15, -0.1) is 0 Å². The van der Waals surface area contributed by atoms with Gasteiger partial charge in [-0.3, -0.25) is 4.79 Å². The summed E-state index contributed by atoms with van der Waals surface area (Å²) in [6, 6.07) is 6.62. The molecule has 0 aliphatic heterocycles. The minimum atomic E-state index is -0.333. The Kier molecular flexibility index (Phi) is 23.7. The monoisotopic (exact) mass is 352 g/mol.